The van der Waals surface area contributed by atoms with Crippen molar-refractivity contribution >= 4 is 29.5 Å². The molecular weight excluding hydrogens is 500 g/mol. The molecule has 0 aromatic heterocycles. The molecule has 3 heterocycles. The lowest BCUT2D eigenvalue weighted by Gasteiger charge is -2.46. The zero-order valence-electron chi connectivity index (χ0n) is 24.2. The van der Waals surface area contributed by atoms with Crippen LogP contribution in [0.4, 0.5) is 0 Å². The van der Waals surface area contributed by atoms with Crippen molar-refractivity contribution in [3.05, 3.63) is 25.3 Å². The van der Waals surface area contributed by atoms with Crippen molar-refractivity contribution in [1.82, 2.24) is 9.80 Å². The van der Waals surface area contributed by atoms with Gasteiger partial charge in [-0.2, -0.15) is 0 Å². The Balaban J connectivity index is 1.97. The van der Waals surface area contributed by atoms with Crippen LogP contribution in [-0.4, -0.2) is 80.1 Å². The van der Waals surface area contributed by atoms with Crippen LogP contribution in [0.1, 0.15) is 80.1 Å². The number of aliphatic hydroxyl groups is 1. The number of hydrogen-bond acceptors (Lipinski definition) is 6. The number of thioether (sulfide) groups is 1. The van der Waals surface area contributed by atoms with E-state index in [4.69, 9.17) is 4.74 Å². The predicted molar refractivity (Wildman–Crippen MR) is 153 cm³/mol. The smallest absolute Gasteiger partial charge is 0.310 e. The largest absolute Gasteiger partial charge is 0.465 e. The van der Waals surface area contributed by atoms with Gasteiger partial charge in [0.15, 0.2) is 0 Å². The summed E-state index contributed by atoms with van der Waals surface area (Å²) in [5, 5.41) is 10.1. The van der Waals surface area contributed by atoms with E-state index in [1.165, 1.54) is 0 Å². The SMILES string of the molecule is C=CCCCCOC(=O)[C@@H]1[C@@H]2CCC3(S2)C(C(=O)N(CC=C)C(C)(C)CC(C)(C)C)N([C@H](C)CO)C(=O)[C@H]13. The van der Waals surface area contributed by atoms with E-state index in [2.05, 4.69) is 47.8 Å². The Morgan fingerprint density at radius 3 is 2.50 bits per heavy atom. The van der Waals surface area contributed by atoms with Gasteiger partial charge < -0.3 is 19.6 Å². The molecule has 2 unspecified atom stereocenters. The number of amides is 2. The van der Waals surface area contributed by atoms with Gasteiger partial charge in [0.2, 0.25) is 11.8 Å². The van der Waals surface area contributed by atoms with Gasteiger partial charge in [0.1, 0.15) is 6.04 Å². The molecule has 214 valence electrons. The Morgan fingerprint density at radius 1 is 1.24 bits per heavy atom. The van der Waals surface area contributed by atoms with Crippen molar-refractivity contribution in [3.63, 3.8) is 0 Å². The Kier molecular flexibility index (Phi) is 9.50. The molecule has 2 bridgehead atoms. The Labute approximate surface area is 233 Å². The number of likely N-dealkylation sites (tertiary alicyclic amines) is 1. The number of hydrogen-bond donors (Lipinski definition) is 1. The standard InChI is InChI=1S/C30H48N2O5S/c1-9-11-12-13-17-37-27(36)22-21-14-15-30(38-21)23(22)25(34)32(20(3)18-33)24(30)26(35)31(16-10-2)29(7,8)19-28(4,5)6/h9-10,20-24,33H,1-2,11-19H2,3-8H3/t20-,21+,22-,23+,24?,30?/m1/s1. The molecule has 3 saturated heterocycles. The number of allylic oxidation sites excluding steroid dienone is 1. The molecule has 0 radical (unpaired) electrons. The molecule has 0 aliphatic carbocycles. The fourth-order valence-corrected chi connectivity index (χ4v) is 9.35. The summed E-state index contributed by atoms with van der Waals surface area (Å²) in [4.78, 5) is 45.4. The minimum absolute atomic E-state index is 0.0192. The molecule has 3 aliphatic heterocycles. The van der Waals surface area contributed by atoms with Crippen molar-refractivity contribution < 1.29 is 24.2 Å². The van der Waals surface area contributed by atoms with E-state index in [0.717, 1.165) is 32.1 Å². The normalized spacial score (nSPS) is 29.2. The molecule has 3 fully saturated rings. The van der Waals surface area contributed by atoms with Crippen LogP contribution in [0, 0.1) is 17.3 Å². The van der Waals surface area contributed by atoms with E-state index < -0.39 is 34.2 Å². The van der Waals surface area contributed by atoms with Gasteiger partial charge in [0, 0.05) is 17.3 Å². The van der Waals surface area contributed by atoms with Crippen LogP contribution in [0.25, 0.3) is 0 Å². The highest BCUT2D eigenvalue weighted by Gasteiger charge is 2.74. The van der Waals surface area contributed by atoms with Crippen LogP contribution in [0.2, 0.25) is 0 Å². The molecule has 3 rings (SSSR count). The Hall–Kier alpha value is -1.80. The maximum absolute atomic E-state index is 14.6. The monoisotopic (exact) mass is 548 g/mol. The number of rotatable bonds is 13. The van der Waals surface area contributed by atoms with Gasteiger partial charge in [-0.25, -0.2) is 0 Å². The van der Waals surface area contributed by atoms with Crippen LogP contribution in [0.3, 0.4) is 0 Å². The van der Waals surface area contributed by atoms with Gasteiger partial charge in [0.05, 0.1) is 35.8 Å². The highest BCUT2D eigenvalue weighted by molar-refractivity contribution is 8.02. The topological polar surface area (TPSA) is 87.2 Å². The summed E-state index contributed by atoms with van der Waals surface area (Å²) >= 11 is 1.63. The third-order valence-electron chi connectivity index (χ3n) is 8.30. The zero-order valence-corrected chi connectivity index (χ0v) is 25.0. The average molecular weight is 549 g/mol. The maximum atomic E-state index is 14.6. The summed E-state index contributed by atoms with van der Waals surface area (Å²) in [6.45, 7) is 20.4. The summed E-state index contributed by atoms with van der Waals surface area (Å²) in [6.07, 6.45) is 8.32. The number of esters is 1. The first-order chi connectivity index (χ1) is 17.8. The van der Waals surface area contributed by atoms with Crippen LogP contribution < -0.4 is 0 Å². The van der Waals surface area contributed by atoms with Crippen LogP contribution >= 0.6 is 11.8 Å². The lowest BCUT2D eigenvalue weighted by Crippen LogP contribution is -2.61. The van der Waals surface area contributed by atoms with Crippen LogP contribution in [0.15, 0.2) is 25.3 Å². The first kappa shape index (κ1) is 30.7. The van der Waals surface area contributed by atoms with E-state index in [1.807, 2.05) is 11.0 Å². The van der Waals surface area contributed by atoms with Crippen molar-refractivity contribution in [2.75, 3.05) is 19.8 Å². The molecule has 3 aliphatic rings. The van der Waals surface area contributed by atoms with E-state index in [-0.39, 0.29) is 35.1 Å². The van der Waals surface area contributed by atoms with Crippen molar-refractivity contribution in [2.45, 2.75) is 108 Å². The van der Waals surface area contributed by atoms with Crippen molar-refractivity contribution in [1.29, 1.82) is 0 Å². The van der Waals surface area contributed by atoms with Crippen molar-refractivity contribution in [2.24, 2.45) is 17.3 Å². The summed E-state index contributed by atoms with van der Waals surface area (Å²) in [6, 6.07) is -1.29. The number of aliphatic hydroxyl groups excluding tert-OH is 1. The number of carbonyl (C=O) groups is 3. The molecule has 0 aromatic carbocycles. The minimum atomic E-state index is -0.748. The molecule has 2 amide bonds. The molecule has 7 nitrogen and oxygen atoms in total. The molecular formula is C30H48N2O5S. The summed E-state index contributed by atoms with van der Waals surface area (Å²) in [7, 11) is 0. The van der Waals surface area contributed by atoms with E-state index in [1.54, 1.807) is 29.7 Å². The van der Waals surface area contributed by atoms with Gasteiger partial charge >= 0.3 is 5.97 Å². The molecule has 1 N–H and O–H groups in total. The zero-order chi connectivity index (χ0) is 28.5. The Bertz CT molecular complexity index is 928. The second-order valence-electron chi connectivity index (χ2n) is 13.1. The number of carbonyl (C=O) groups excluding carboxylic acids is 3. The number of fused-ring (bicyclic) bond motifs is 1. The molecule has 6 atom stereocenters. The van der Waals surface area contributed by atoms with Gasteiger partial charge in [-0.1, -0.05) is 32.9 Å². The summed E-state index contributed by atoms with van der Waals surface area (Å²) < 4.78 is 4.97. The number of nitrogens with zero attached hydrogens (tertiary/aromatic N) is 2. The van der Waals surface area contributed by atoms with Gasteiger partial charge in [-0.3, -0.25) is 14.4 Å². The second-order valence-corrected chi connectivity index (χ2v) is 14.7. The number of unbranched alkanes of at least 4 members (excludes halogenated alkanes) is 2. The second kappa shape index (κ2) is 11.7. The maximum Gasteiger partial charge on any atom is 0.310 e. The fraction of sp³-hybridized carbons (Fsp3) is 0.767. The van der Waals surface area contributed by atoms with Gasteiger partial charge in [0.25, 0.3) is 0 Å². The highest BCUT2D eigenvalue weighted by atomic mass is 32.2. The molecule has 0 aromatic rings. The lowest BCUT2D eigenvalue weighted by atomic mass is 9.71. The quantitative estimate of drug-likeness (QED) is 0.206. The Morgan fingerprint density at radius 2 is 1.92 bits per heavy atom. The third kappa shape index (κ3) is 5.72. The van der Waals surface area contributed by atoms with Gasteiger partial charge in [-0.15, -0.1) is 24.9 Å². The summed E-state index contributed by atoms with van der Waals surface area (Å²) in [5.74, 6) is -1.85. The van der Waals surface area contributed by atoms with Crippen molar-refractivity contribution in [3.8, 4) is 0 Å². The molecule has 38 heavy (non-hydrogen) atoms. The third-order valence-corrected chi connectivity index (χ3v) is 10.3. The highest BCUT2D eigenvalue weighted by Crippen LogP contribution is 2.67. The van der Waals surface area contributed by atoms with Gasteiger partial charge in [-0.05, 0) is 64.7 Å². The van der Waals surface area contributed by atoms with E-state index in [0.29, 0.717) is 19.6 Å². The van der Waals surface area contributed by atoms with E-state index in [9.17, 15) is 19.5 Å². The first-order valence-corrected chi connectivity index (χ1v) is 14.9. The first-order valence-electron chi connectivity index (χ1n) is 14.1. The molecule has 8 heteroatoms. The van der Waals surface area contributed by atoms with E-state index >= 15 is 0 Å². The fourth-order valence-electron chi connectivity index (χ4n) is 7.17. The molecule has 1 spiro atoms. The van der Waals surface area contributed by atoms with Crippen LogP contribution in [0.5, 0.6) is 0 Å². The lowest BCUT2D eigenvalue weighted by molar-refractivity contribution is -0.154. The summed E-state index contributed by atoms with van der Waals surface area (Å²) in [5.41, 5.74) is -0.505. The predicted octanol–water partition coefficient (Wildman–Crippen LogP) is 4.59. The average Bonchev–Trinajstić information content (AvgIpc) is 3.47. The van der Waals surface area contributed by atoms with Crippen LogP contribution in [-0.2, 0) is 19.1 Å². The number of ether oxygens (including phenoxy) is 1. The minimum Gasteiger partial charge on any atom is -0.465 e. The molecule has 0 saturated carbocycles.